The zero-order valence-electron chi connectivity index (χ0n) is 12.1. The summed E-state index contributed by atoms with van der Waals surface area (Å²) in [5, 5.41) is 0. The van der Waals surface area contributed by atoms with Crippen LogP contribution in [0.2, 0.25) is 0 Å². The van der Waals surface area contributed by atoms with Crippen molar-refractivity contribution in [2.45, 2.75) is 32.2 Å². The summed E-state index contributed by atoms with van der Waals surface area (Å²) in [6, 6.07) is 8.51. The highest BCUT2D eigenvalue weighted by Crippen LogP contribution is 2.32. The van der Waals surface area contributed by atoms with Gasteiger partial charge < -0.3 is 10.5 Å². The van der Waals surface area contributed by atoms with Crippen molar-refractivity contribution in [2.24, 2.45) is 11.7 Å². The summed E-state index contributed by atoms with van der Waals surface area (Å²) in [5.41, 5.74) is 7.26. The maximum absolute atomic E-state index is 6.04. The minimum atomic E-state index is 0.266. The van der Waals surface area contributed by atoms with Crippen molar-refractivity contribution in [3.8, 4) is 5.75 Å². The summed E-state index contributed by atoms with van der Waals surface area (Å²) >= 11 is 0. The second-order valence-electron chi connectivity index (χ2n) is 5.38. The van der Waals surface area contributed by atoms with E-state index in [1.165, 1.54) is 24.8 Å². The number of likely N-dealkylation sites (N-methyl/N-ethyl adjacent to an activating group) is 1. The molecule has 2 N–H and O–H groups in total. The first-order valence-corrected chi connectivity index (χ1v) is 7.37. The van der Waals surface area contributed by atoms with Crippen LogP contribution in [0.15, 0.2) is 24.3 Å². The van der Waals surface area contributed by atoms with E-state index in [9.17, 15) is 0 Å². The van der Waals surface area contributed by atoms with Crippen LogP contribution in [-0.4, -0.2) is 31.6 Å². The number of ether oxygens (including phenoxy) is 1. The zero-order valence-corrected chi connectivity index (χ0v) is 12.1. The fraction of sp³-hybridized carbons (Fsp3) is 0.625. The Morgan fingerprint density at radius 2 is 2.11 bits per heavy atom. The lowest BCUT2D eigenvalue weighted by atomic mass is 9.84. The van der Waals surface area contributed by atoms with Crippen LogP contribution in [0.25, 0.3) is 0 Å². The molecule has 1 saturated carbocycles. The van der Waals surface area contributed by atoms with Crippen LogP contribution in [-0.2, 0) is 0 Å². The third kappa shape index (κ3) is 3.28. The molecule has 2 rings (SSSR count). The molecule has 0 heterocycles. The zero-order chi connectivity index (χ0) is 13.7. The summed E-state index contributed by atoms with van der Waals surface area (Å²) < 4.78 is 5.49. The number of nitrogens with two attached hydrogens (primary N) is 1. The largest absolute Gasteiger partial charge is 0.496 e. The fourth-order valence-electron chi connectivity index (χ4n) is 2.90. The molecule has 1 fully saturated rings. The number of nitrogens with zero attached hydrogens (tertiary/aromatic N) is 1. The smallest absolute Gasteiger partial charge is 0.123 e. The lowest BCUT2D eigenvalue weighted by Gasteiger charge is -2.37. The van der Waals surface area contributed by atoms with Gasteiger partial charge in [0.25, 0.3) is 0 Å². The number of hydrogen-bond donors (Lipinski definition) is 1. The van der Waals surface area contributed by atoms with E-state index < -0.39 is 0 Å². The molecule has 1 aromatic carbocycles. The number of para-hydroxylation sites is 1. The summed E-state index contributed by atoms with van der Waals surface area (Å²) in [6.07, 6.45) is 4.14. The molecule has 0 bridgehead atoms. The van der Waals surface area contributed by atoms with Crippen molar-refractivity contribution < 1.29 is 4.74 Å². The maximum atomic E-state index is 6.04. The Morgan fingerprint density at radius 1 is 1.37 bits per heavy atom. The van der Waals surface area contributed by atoms with Gasteiger partial charge in [0.2, 0.25) is 0 Å². The maximum Gasteiger partial charge on any atom is 0.123 e. The predicted octanol–water partition coefficient (Wildman–Crippen LogP) is 2.82. The van der Waals surface area contributed by atoms with E-state index in [0.717, 1.165) is 24.8 Å². The number of rotatable bonds is 7. The van der Waals surface area contributed by atoms with Crippen molar-refractivity contribution >= 4 is 0 Å². The molecule has 0 spiro atoms. The molecule has 1 aliphatic rings. The van der Waals surface area contributed by atoms with E-state index >= 15 is 0 Å². The molecule has 1 aromatic rings. The van der Waals surface area contributed by atoms with E-state index in [4.69, 9.17) is 10.5 Å². The molecule has 0 saturated heterocycles. The Hall–Kier alpha value is -1.06. The van der Waals surface area contributed by atoms with Gasteiger partial charge >= 0.3 is 0 Å². The highest BCUT2D eigenvalue weighted by atomic mass is 16.5. The molecule has 0 aromatic heterocycles. The second kappa shape index (κ2) is 6.92. The Labute approximate surface area is 116 Å². The van der Waals surface area contributed by atoms with Crippen molar-refractivity contribution in [1.82, 2.24) is 4.90 Å². The SMILES string of the molecule is CCN(CC1CCC1)C(CN)c1ccccc1OC. The molecule has 3 heteroatoms. The van der Waals surface area contributed by atoms with Gasteiger partial charge in [0, 0.05) is 18.7 Å². The van der Waals surface area contributed by atoms with E-state index in [-0.39, 0.29) is 6.04 Å². The molecule has 1 unspecified atom stereocenters. The van der Waals surface area contributed by atoms with Crippen molar-refractivity contribution in [1.29, 1.82) is 0 Å². The molecule has 19 heavy (non-hydrogen) atoms. The highest BCUT2D eigenvalue weighted by Gasteiger charge is 2.26. The predicted molar refractivity (Wildman–Crippen MR) is 79.4 cm³/mol. The van der Waals surface area contributed by atoms with Gasteiger partial charge in [-0.1, -0.05) is 31.5 Å². The first kappa shape index (κ1) is 14.4. The van der Waals surface area contributed by atoms with Gasteiger partial charge in [0.1, 0.15) is 5.75 Å². The van der Waals surface area contributed by atoms with E-state index in [0.29, 0.717) is 6.54 Å². The average Bonchev–Trinajstić information content (AvgIpc) is 2.41. The van der Waals surface area contributed by atoms with Crippen LogP contribution in [0.4, 0.5) is 0 Å². The van der Waals surface area contributed by atoms with Gasteiger partial charge in [-0.2, -0.15) is 0 Å². The van der Waals surface area contributed by atoms with Crippen LogP contribution >= 0.6 is 0 Å². The van der Waals surface area contributed by atoms with Gasteiger partial charge in [-0.25, -0.2) is 0 Å². The molecule has 0 amide bonds. The third-order valence-electron chi connectivity index (χ3n) is 4.29. The summed E-state index contributed by atoms with van der Waals surface area (Å²) in [7, 11) is 1.73. The molecule has 1 atom stereocenters. The van der Waals surface area contributed by atoms with E-state index in [1.807, 2.05) is 12.1 Å². The number of benzene rings is 1. The van der Waals surface area contributed by atoms with E-state index in [1.54, 1.807) is 7.11 Å². The van der Waals surface area contributed by atoms with Crippen LogP contribution in [0.5, 0.6) is 5.75 Å². The highest BCUT2D eigenvalue weighted by molar-refractivity contribution is 5.36. The van der Waals surface area contributed by atoms with E-state index in [2.05, 4.69) is 24.0 Å². The molecule has 0 radical (unpaired) electrons. The first-order valence-electron chi connectivity index (χ1n) is 7.37. The van der Waals surface area contributed by atoms with Crippen LogP contribution in [0.1, 0.15) is 37.8 Å². The minimum Gasteiger partial charge on any atom is -0.496 e. The third-order valence-corrected chi connectivity index (χ3v) is 4.29. The summed E-state index contributed by atoms with van der Waals surface area (Å²) in [5.74, 6) is 1.81. The Kier molecular flexibility index (Phi) is 5.23. The molecule has 106 valence electrons. The van der Waals surface area contributed by atoms with Crippen LogP contribution in [0.3, 0.4) is 0 Å². The molecular weight excluding hydrogens is 236 g/mol. The van der Waals surface area contributed by atoms with Crippen molar-refractivity contribution in [3.63, 3.8) is 0 Å². The van der Waals surface area contributed by atoms with Crippen LogP contribution in [0, 0.1) is 5.92 Å². The second-order valence-corrected chi connectivity index (χ2v) is 5.38. The fourth-order valence-corrected chi connectivity index (χ4v) is 2.90. The summed E-state index contributed by atoms with van der Waals surface area (Å²) in [6.45, 7) is 5.06. The average molecular weight is 262 g/mol. The van der Waals surface area contributed by atoms with Gasteiger partial charge in [-0.15, -0.1) is 0 Å². The lowest BCUT2D eigenvalue weighted by Crippen LogP contribution is -2.38. The van der Waals surface area contributed by atoms with Gasteiger partial charge in [-0.3, -0.25) is 4.90 Å². The quantitative estimate of drug-likeness (QED) is 0.821. The lowest BCUT2D eigenvalue weighted by molar-refractivity contribution is 0.139. The van der Waals surface area contributed by atoms with Gasteiger partial charge in [0.15, 0.2) is 0 Å². The molecule has 1 aliphatic carbocycles. The van der Waals surface area contributed by atoms with Crippen molar-refractivity contribution in [2.75, 3.05) is 26.7 Å². The monoisotopic (exact) mass is 262 g/mol. The topological polar surface area (TPSA) is 38.5 Å². The van der Waals surface area contributed by atoms with Crippen molar-refractivity contribution in [3.05, 3.63) is 29.8 Å². The number of hydrogen-bond acceptors (Lipinski definition) is 3. The Bertz CT molecular complexity index is 390. The van der Waals surface area contributed by atoms with Gasteiger partial charge in [-0.05, 0) is 31.4 Å². The van der Waals surface area contributed by atoms with Gasteiger partial charge in [0.05, 0.1) is 13.2 Å². The number of methoxy groups -OCH3 is 1. The molecule has 3 nitrogen and oxygen atoms in total. The Morgan fingerprint density at radius 3 is 2.63 bits per heavy atom. The first-order chi connectivity index (χ1) is 9.30. The summed E-state index contributed by atoms with van der Waals surface area (Å²) in [4.78, 5) is 2.50. The molecular formula is C16H26N2O. The molecule has 0 aliphatic heterocycles. The van der Waals surface area contributed by atoms with Crippen LogP contribution < -0.4 is 10.5 Å². The Balaban J connectivity index is 2.15. The minimum absolute atomic E-state index is 0.266. The standard InChI is InChI=1S/C16H26N2O/c1-3-18(12-13-7-6-8-13)15(11-17)14-9-4-5-10-16(14)19-2/h4-5,9-10,13,15H,3,6-8,11-12,17H2,1-2H3. The normalized spacial score (nSPS) is 17.3.